The zero-order chi connectivity index (χ0) is 11.5. The van der Waals surface area contributed by atoms with Gasteiger partial charge in [-0.05, 0) is 20.0 Å². The number of nitrogens with zero attached hydrogens (tertiary/aromatic N) is 3. The summed E-state index contributed by atoms with van der Waals surface area (Å²) in [4.78, 5) is 16.1. The number of nitrogens with one attached hydrogen (secondary N) is 1. The first-order chi connectivity index (χ1) is 7.68. The van der Waals surface area contributed by atoms with Crippen LogP contribution in [0.4, 0.5) is 5.69 Å². The van der Waals surface area contributed by atoms with E-state index in [4.69, 9.17) is 5.73 Å². The van der Waals surface area contributed by atoms with Crippen LogP contribution < -0.4 is 5.73 Å². The number of anilines is 1. The molecule has 0 saturated carbocycles. The average Bonchev–Trinajstić information content (AvgIpc) is 2.56. The largest absolute Gasteiger partial charge is 0.396 e. The summed E-state index contributed by atoms with van der Waals surface area (Å²) in [5.74, 6) is -0.0506. The SMILES string of the molecule is CN1CCCN(C(=O)c2[nH]ncc2N)CC1. The molecule has 16 heavy (non-hydrogen) atoms. The van der Waals surface area contributed by atoms with Gasteiger partial charge in [0.15, 0.2) is 0 Å². The van der Waals surface area contributed by atoms with Crippen molar-refractivity contribution in [3.8, 4) is 0 Å². The van der Waals surface area contributed by atoms with E-state index in [1.165, 1.54) is 6.20 Å². The van der Waals surface area contributed by atoms with Gasteiger partial charge in [-0.15, -0.1) is 0 Å². The Hall–Kier alpha value is -1.56. The maximum Gasteiger partial charge on any atom is 0.274 e. The minimum atomic E-state index is -0.0506. The molecule has 6 nitrogen and oxygen atoms in total. The molecule has 0 atom stereocenters. The van der Waals surface area contributed by atoms with Crippen molar-refractivity contribution in [2.24, 2.45) is 0 Å². The molecule has 1 aliphatic heterocycles. The zero-order valence-corrected chi connectivity index (χ0v) is 9.44. The first kappa shape index (κ1) is 10.9. The zero-order valence-electron chi connectivity index (χ0n) is 9.44. The number of carbonyl (C=O) groups is 1. The van der Waals surface area contributed by atoms with Crippen molar-refractivity contribution in [1.82, 2.24) is 20.0 Å². The number of aromatic amines is 1. The van der Waals surface area contributed by atoms with Gasteiger partial charge in [-0.2, -0.15) is 5.10 Å². The summed E-state index contributed by atoms with van der Waals surface area (Å²) < 4.78 is 0. The number of likely N-dealkylation sites (N-methyl/N-ethyl adjacent to an activating group) is 1. The Bertz CT molecular complexity index is 375. The van der Waals surface area contributed by atoms with Crippen LogP contribution in [0.25, 0.3) is 0 Å². The van der Waals surface area contributed by atoms with Crippen LogP contribution >= 0.6 is 0 Å². The van der Waals surface area contributed by atoms with Crippen molar-refractivity contribution in [3.63, 3.8) is 0 Å². The number of carbonyl (C=O) groups excluding carboxylic acids is 1. The van der Waals surface area contributed by atoms with Crippen molar-refractivity contribution in [2.75, 3.05) is 39.0 Å². The van der Waals surface area contributed by atoms with Crippen molar-refractivity contribution in [3.05, 3.63) is 11.9 Å². The highest BCUT2D eigenvalue weighted by molar-refractivity contribution is 5.97. The number of amides is 1. The molecule has 0 aliphatic carbocycles. The second kappa shape index (κ2) is 4.52. The summed E-state index contributed by atoms with van der Waals surface area (Å²) in [6, 6.07) is 0. The summed E-state index contributed by atoms with van der Waals surface area (Å²) in [7, 11) is 2.07. The van der Waals surface area contributed by atoms with Gasteiger partial charge in [-0.3, -0.25) is 9.89 Å². The van der Waals surface area contributed by atoms with Crippen LogP contribution in [0.1, 0.15) is 16.9 Å². The lowest BCUT2D eigenvalue weighted by atomic mass is 10.3. The first-order valence-electron chi connectivity index (χ1n) is 5.45. The van der Waals surface area contributed by atoms with Gasteiger partial charge >= 0.3 is 0 Å². The smallest absolute Gasteiger partial charge is 0.274 e. The molecule has 1 aliphatic rings. The first-order valence-corrected chi connectivity index (χ1v) is 5.45. The second-order valence-electron chi connectivity index (χ2n) is 4.15. The van der Waals surface area contributed by atoms with E-state index in [0.717, 1.165) is 32.6 Å². The van der Waals surface area contributed by atoms with Crippen LogP contribution in [0.2, 0.25) is 0 Å². The Labute approximate surface area is 94.4 Å². The number of hydrogen-bond donors (Lipinski definition) is 2. The van der Waals surface area contributed by atoms with Gasteiger partial charge < -0.3 is 15.5 Å². The molecule has 0 unspecified atom stereocenters. The Morgan fingerprint density at radius 1 is 1.44 bits per heavy atom. The van der Waals surface area contributed by atoms with Crippen LogP contribution in [0, 0.1) is 0 Å². The lowest BCUT2D eigenvalue weighted by Crippen LogP contribution is -2.35. The van der Waals surface area contributed by atoms with Crippen LogP contribution in [0.5, 0.6) is 0 Å². The minimum Gasteiger partial charge on any atom is -0.396 e. The van der Waals surface area contributed by atoms with Gasteiger partial charge in [0.05, 0.1) is 11.9 Å². The summed E-state index contributed by atoms with van der Waals surface area (Å²) in [5.41, 5.74) is 6.49. The molecule has 0 radical (unpaired) electrons. The Kier molecular flexibility index (Phi) is 3.09. The average molecular weight is 223 g/mol. The summed E-state index contributed by atoms with van der Waals surface area (Å²) >= 11 is 0. The summed E-state index contributed by atoms with van der Waals surface area (Å²) in [5, 5.41) is 6.42. The monoisotopic (exact) mass is 223 g/mol. The highest BCUT2D eigenvalue weighted by Crippen LogP contribution is 2.11. The van der Waals surface area contributed by atoms with Crippen molar-refractivity contribution < 1.29 is 4.79 Å². The van der Waals surface area contributed by atoms with Gasteiger partial charge in [0.2, 0.25) is 0 Å². The Morgan fingerprint density at radius 2 is 2.25 bits per heavy atom. The maximum atomic E-state index is 12.1. The van der Waals surface area contributed by atoms with E-state index in [1.54, 1.807) is 0 Å². The number of H-pyrrole nitrogens is 1. The molecule has 1 aromatic rings. The molecular formula is C10H17N5O. The fourth-order valence-electron chi connectivity index (χ4n) is 1.87. The van der Waals surface area contributed by atoms with Crippen molar-refractivity contribution in [2.45, 2.75) is 6.42 Å². The highest BCUT2D eigenvalue weighted by Gasteiger charge is 2.21. The summed E-state index contributed by atoms with van der Waals surface area (Å²) in [6.45, 7) is 3.46. The molecule has 2 heterocycles. The third-order valence-corrected chi connectivity index (χ3v) is 2.89. The van der Waals surface area contributed by atoms with Gasteiger partial charge in [0.25, 0.3) is 5.91 Å². The van der Waals surface area contributed by atoms with Gasteiger partial charge in [-0.25, -0.2) is 0 Å². The normalized spacial score (nSPS) is 18.4. The lowest BCUT2D eigenvalue weighted by molar-refractivity contribution is 0.0758. The minimum absolute atomic E-state index is 0.0506. The quantitative estimate of drug-likeness (QED) is 0.689. The highest BCUT2D eigenvalue weighted by atomic mass is 16.2. The lowest BCUT2D eigenvalue weighted by Gasteiger charge is -2.19. The molecule has 1 saturated heterocycles. The number of aromatic nitrogens is 2. The fourth-order valence-corrected chi connectivity index (χ4v) is 1.87. The van der Waals surface area contributed by atoms with Gasteiger partial charge in [0.1, 0.15) is 5.69 Å². The predicted octanol–water partition coefficient (Wildman–Crippen LogP) is -0.230. The molecule has 6 heteroatoms. The predicted molar refractivity (Wildman–Crippen MR) is 61.0 cm³/mol. The molecule has 0 spiro atoms. The standard InChI is InChI=1S/C10H17N5O/c1-14-3-2-4-15(6-5-14)10(16)9-8(11)7-12-13-9/h7H,2-6,11H2,1H3,(H,12,13). The van der Waals surface area contributed by atoms with E-state index >= 15 is 0 Å². The van der Waals surface area contributed by atoms with Crippen molar-refractivity contribution in [1.29, 1.82) is 0 Å². The van der Waals surface area contributed by atoms with Crippen LogP contribution in [0.15, 0.2) is 6.20 Å². The Balaban J connectivity index is 2.07. The molecule has 1 amide bonds. The van der Waals surface area contributed by atoms with Crippen LogP contribution in [0.3, 0.4) is 0 Å². The van der Waals surface area contributed by atoms with E-state index in [1.807, 2.05) is 4.90 Å². The van der Waals surface area contributed by atoms with Crippen molar-refractivity contribution >= 4 is 11.6 Å². The summed E-state index contributed by atoms with van der Waals surface area (Å²) in [6.07, 6.45) is 2.47. The van der Waals surface area contributed by atoms with E-state index < -0.39 is 0 Å². The molecule has 1 fully saturated rings. The van der Waals surface area contributed by atoms with E-state index in [9.17, 15) is 4.79 Å². The molecule has 1 aromatic heterocycles. The molecule has 0 bridgehead atoms. The fraction of sp³-hybridized carbons (Fsp3) is 0.600. The Morgan fingerprint density at radius 3 is 2.94 bits per heavy atom. The molecule has 2 rings (SSSR count). The van der Waals surface area contributed by atoms with Crippen LogP contribution in [-0.4, -0.2) is 59.1 Å². The molecular weight excluding hydrogens is 206 g/mol. The third-order valence-electron chi connectivity index (χ3n) is 2.89. The van der Waals surface area contributed by atoms with E-state index in [2.05, 4.69) is 22.1 Å². The second-order valence-corrected chi connectivity index (χ2v) is 4.15. The van der Waals surface area contributed by atoms with E-state index in [-0.39, 0.29) is 5.91 Å². The number of nitrogen functional groups attached to an aromatic ring is 1. The number of rotatable bonds is 1. The topological polar surface area (TPSA) is 78.2 Å². The molecule has 0 aromatic carbocycles. The molecule has 88 valence electrons. The van der Waals surface area contributed by atoms with E-state index in [0.29, 0.717) is 11.4 Å². The number of hydrogen-bond acceptors (Lipinski definition) is 4. The van der Waals surface area contributed by atoms with Gasteiger partial charge in [0, 0.05) is 19.6 Å². The maximum absolute atomic E-state index is 12.1. The van der Waals surface area contributed by atoms with Gasteiger partial charge in [-0.1, -0.05) is 0 Å². The third kappa shape index (κ3) is 2.16. The van der Waals surface area contributed by atoms with Crippen LogP contribution in [-0.2, 0) is 0 Å². The number of nitrogens with two attached hydrogens (primary N) is 1. The molecule has 3 N–H and O–H groups in total.